The minimum atomic E-state index is -0.612. The number of aromatic nitrogens is 2. The summed E-state index contributed by atoms with van der Waals surface area (Å²) in [6, 6.07) is 2.32. The van der Waals surface area contributed by atoms with Gasteiger partial charge < -0.3 is 0 Å². The largest absolute Gasteiger partial charge is 0.266 e. The molecule has 2 rings (SSSR count). The summed E-state index contributed by atoms with van der Waals surface area (Å²) in [4.78, 5) is 0. The predicted molar refractivity (Wildman–Crippen MR) is 49.4 cm³/mol. The van der Waals surface area contributed by atoms with E-state index < -0.39 is 6.17 Å². The zero-order chi connectivity index (χ0) is 9.26. The van der Waals surface area contributed by atoms with E-state index in [1.165, 1.54) is 5.69 Å². The van der Waals surface area contributed by atoms with Gasteiger partial charge in [-0.1, -0.05) is 6.92 Å². The van der Waals surface area contributed by atoms with Crippen LogP contribution in [0.1, 0.15) is 37.9 Å². The van der Waals surface area contributed by atoms with Crippen molar-refractivity contribution in [2.75, 3.05) is 0 Å². The Bertz CT molecular complexity index is 282. The molecule has 0 amide bonds. The Morgan fingerprint density at radius 1 is 1.62 bits per heavy atom. The van der Waals surface area contributed by atoms with E-state index in [4.69, 9.17) is 0 Å². The Balaban J connectivity index is 2.16. The molecule has 0 N–H and O–H groups in total. The average Bonchev–Trinajstić information content (AvgIpc) is 2.71. The van der Waals surface area contributed by atoms with Crippen LogP contribution in [-0.2, 0) is 6.42 Å². The van der Waals surface area contributed by atoms with Crippen LogP contribution in [-0.4, -0.2) is 16.0 Å². The van der Waals surface area contributed by atoms with Gasteiger partial charge in [-0.15, -0.1) is 0 Å². The Morgan fingerprint density at radius 3 is 3.08 bits per heavy atom. The van der Waals surface area contributed by atoms with E-state index in [0.717, 1.165) is 12.8 Å². The summed E-state index contributed by atoms with van der Waals surface area (Å²) in [7, 11) is 0. The molecule has 0 aromatic carbocycles. The van der Waals surface area contributed by atoms with Crippen molar-refractivity contribution in [3.8, 4) is 0 Å². The summed E-state index contributed by atoms with van der Waals surface area (Å²) in [5.41, 5.74) is 1.22. The molecule has 1 aromatic rings. The zero-order valence-electron chi connectivity index (χ0n) is 7.91. The first-order chi connectivity index (χ1) is 6.31. The Morgan fingerprint density at radius 2 is 2.46 bits per heavy atom. The number of hydrogen-bond acceptors (Lipinski definition) is 1. The minimum absolute atomic E-state index is 0.306. The lowest BCUT2D eigenvalue weighted by molar-refractivity contribution is 0.324. The van der Waals surface area contributed by atoms with Crippen LogP contribution in [0.2, 0.25) is 0 Å². The van der Waals surface area contributed by atoms with E-state index in [0.29, 0.717) is 18.9 Å². The van der Waals surface area contributed by atoms with Crippen molar-refractivity contribution in [2.24, 2.45) is 0 Å². The van der Waals surface area contributed by atoms with E-state index in [1.807, 2.05) is 16.9 Å². The molecule has 3 heteroatoms. The smallest absolute Gasteiger partial charge is 0.102 e. The van der Waals surface area contributed by atoms with Gasteiger partial charge in [0, 0.05) is 18.3 Å². The maximum absolute atomic E-state index is 13.0. The minimum Gasteiger partial charge on any atom is -0.266 e. The summed E-state index contributed by atoms with van der Waals surface area (Å²) in [6.07, 6.45) is 4.47. The first-order valence-electron chi connectivity index (χ1n) is 4.97. The first-order valence-corrected chi connectivity index (χ1v) is 4.97. The number of rotatable bonds is 2. The van der Waals surface area contributed by atoms with Crippen LogP contribution in [0.25, 0.3) is 0 Å². The molecule has 13 heavy (non-hydrogen) atoms. The Labute approximate surface area is 77.8 Å². The zero-order valence-corrected chi connectivity index (χ0v) is 7.91. The number of nitrogens with zero attached hydrogens (tertiary/aromatic N) is 2. The third kappa shape index (κ3) is 1.60. The summed E-state index contributed by atoms with van der Waals surface area (Å²) >= 11 is 0. The van der Waals surface area contributed by atoms with Gasteiger partial charge in [-0.05, 0) is 25.3 Å². The van der Waals surface area contributed by atoms with Gasteiger partial charge in [0.1, 0.15) is 6.17 Å². The number of halogens is 1. The fourth-order valence-corrected chi connectivity index (χ4v) is 2.08. The molecule has 0 aliphatic heterocycles. The van der Waals surface area contributed by atoms with E-state index in [9.17, 15) is 4.39 Å². The Hall–Kier alpha value is -0.860. The molecule has 1 heterocycles. The second-order valence-electron chi connectivity index (χ2n) is 3.68. The molecule has 2 nitrogen and oxygen atoms in total. The van der Waals surface area contributed by atoms with Crippen molar-refractivity contribution in [1.82, 2.24) is 9.78 Å². The summed E-state index contributed by atoms with van der Waals surface area (Å²) < 4.78 is 15.0. The highest BCUT2D eigenvalue weighted by atomic mass is 19.1. The van der Waals surface area contributed by atoms with E-state index in [-0.39, 0.29) is 0 Å². The molecule has 72 valence electrons. The first kappa shape index (κ1) is 8.73. The molecule has 1 fully saturated rings. The molecule has 0 saturated heterocycles. The quantitative estimate of drug-likeness (QED) is 0.687. The second kappa shape index (κ2) is 3.48. The molecular formula is C10H15FN2. The van der Waals surface area contributed by atoms with Crippen LogP contribution in [0, 0.1) is 0 Å². The molecule has 0 bridgehead atoms. The van der Waals surface area contributed by atoms with E-state index in [2.05, 4.69) is 12.0 Å². The van der Waals surface area contributed by atoms with Crippen molar-refractivity contribution in [1.29, 1.82) is 0 Å². The van der Waals surface area contributed by atoms with Gasteiger partial charge in [0.05, 0.1) is 6.04 Å². The molecule has 1 aromatic heterocycles. The number of aryl methyl sites for hydroxylation is 1. The van der Waals surface area contributed by atoms with Crippen molar-refractivity contribution < 1.29 is 4.39 Å². The normalized spacial score (nSPS) is 28.2. The van der Waals surface area contributed by atoms with Crippen molar-refractivity contribution in [3.05, 3.63) is 18.0 Å². The highest BCUT2D eigenvalue weighted by Gasteiger charge is 2.26. The average molecular weight is 182 g/mol. The lowest BCUT2D eigenvalue weighted by Crippen LogP contribution is -2.10. The van der Waals surface area contributed by atoms with Crippen molar-refractivity contribution in [2.45, 2.75) is 44.8 Å². The molecule has 1 aliphatic carbocycles. The van der Waals surface area contributed by atoms with Crippen LogP contribution in [0.4, 0.5) is 4.39 Å². The van der Waals surface area contributed by atoms with Gasteiger partial charge in [0.25, 0.3) is 0 Å². The predicted octanol–water partition coefficient (Wildman–Crippen LogP) is 2.51. The van der Waals surface area contributed by atoms with E-state index in [1.54, 1.807) is 0 Å². The van der Waals surface area contributed by atoms with Gasteiger partial charge in [-0.2, -0.15) is 5.10 Å². The lowest BCUT2D eigenvalue weighted by atomic mass is 10.2. The Kier molecular flexibility index (Phi) is 2.34. The van der Waals surface area contributed by atoms with Gasteiger partial charge in [-0.3, -0.25) is 4.68 Å². The number of alkyl halides is 1. The third-order valence-electron chi connectivity index (χ3n) is 2.80. The maximum Gasteiger partial charge on any atom is 0.102 e. The highest BCUT2D eigenvalue weighted by molar-refractivity contribution is 5.02. The van der Waals surface area contributed by atoms with Crippen molar-refractivity contribution in [3.63, 3.8) is 0 Å². The standard InChI is InChI=1S/C10H15FN2/c1-2-9-5-6-12-13(9)10-4-3-8(11)7-10/h5-6,8,10H,2-4,7H2,1H3. The van der Waals surface area contributed by atoms with E-state index >= 15 is 0 Å². The van der Waals surface area contributed by atoms with Gasteiger partial charge in [0.2, 0.25) is 0 Å². The maximum atomic E-state index is 13.0. The fourth-order valence-electron chi connectivity index (χ4n) is 2.08. The lowest BCUT2D eigenvalue weighted by Gasteiger charge is -2.12. The number of hydrogen-bond donors (Lipinski definition) is 0. The molecule has 1 saturated carbocycles. The molecule has 0 radical (unpaired) electrons. The second-order valence-corrected chi connectivity index (χ2v) is 3.68. The summed E-state index contributed by atoms with van der Waals surface area (Å²) in [5, 5.41) is 4.25. The monoisotopic (exact) mass is 182 g/mol. The van der Waals surface area contributed by atoms with Gasteiger partial charge in [0.15, 0.2) is 0 Å². The van der Waals surface area contributed by atoms with Crippen LogP contribution in [0.15, 0.2) is 12.3 Å². The fraction of sp³-hybridized carbons (Fsp3) is 0.700. The molecule has 2 unspecified atom stereocenters. The molecule has 1 aliphatic rings. The summed E-state index contributed by atoms with van der Waals surface area (Å²) in [6.45, 7) is 2.11. The summed E-state index contributed by atoms with van der Waals surface area (Å²) in [5.74, 6) is 0. The third-order valence-corrected chi connectivity index (χ3v) is 2.80. The van der Waals surface area contributed by atoms with Crippen molar-refractivity contribution >= 4 is 0 Å². The van der Waals surface area contributed by atoms with Crippen LogP contribution in [0.5, 0.6) is 0 Å². The van der Waals surface area contributed by atoms with Crippen LogP contribution in [0.3, 0.4) is 0 Å². The van der Waals surface area contributed by atoms with Crippen LogP contribution >= 0.6 is 0 Å². The highest BCUT2D eigenvalue weighted by Crippen LogP contribution is 2.32. The molecule has 0 spiro atoms. The van der Waals surface area contributed by atoms with Gasteiger partial charge in [-0.25, -0.2) is 4.39 Å². The SMILES string of the molecule is CCc1ccnn1C1CCC(F)C1. The van der Waals surface area contributed by atoms with Gasteiger partial charge >= 0.3 is 0 Å². The topological polar surface area (TPSA) is 17.8 Å². The molecular weight excluding hydrogens is 167 g/mol. The van der Waals surface area contributed by atoms with Crippen LogP contribution < -0.4 is 0 Å². The molecule has 2 atom stereocenters.